The van der Waals surface area contributed by atoms with Crippen molar-refractivity contribution in [1.82, 2.24) is 0 Å². The van der Waals surface area contributed by atoms with Crippen LogP contribution in [-0.2, 0) is 0 Å². The van der Waals surface area contributed by atoms with Gasteiger partial charge >= 0.3 is 0 Å². The van der Waals surface area contributed by atoms with E-state index in [0.29, 0.717) is 0 Å². The summed E-state index contributed by atoms with van der Waals surface area (Å²) in [6.07, 6.45) is 0. The number of nitro benzene ring substituents is 1. The van der Waals surface area contributed by atoms with E-state index in [1.165, 1.54) is 4.88 Å². The van der Waals surface area contributed by atoms with Gasteiger partial charge in [-0.2, -0.15) is 0 Å². The van der Waals surface area contributed by atoms with Crippen LogP contribution in [0.3, 0.4) is 0 Å². The van der Waals surface area contributed by atoms with Crippen LogP contribution in [0.5, 0.6) is 0 Å². The van der Waals surface area contributed by atoms with Crippen LogP contribution in [0.15, 0.2) is 35.7 Å². The van der Waals surface area contributed by atoms with Gasteiger partial charge < -0.3 is 10.6 Å². The number of thiophene rings is 1. The number of benzene rings is 1. The lowest BCUT2D eigenvalue weighted by molar-refractivity contribution is -0.384. The molecule has 1 aromatic carbocycles. The average Bonchev–Trinajstić information content (AvgIpc) is 2.92. The smallest absolute Gasteiger partial charge is 0.273 e. The van der Waals surface area contributed by atoms with Gasteiger partial charge in [0.15, 0.2) is 0 Å². The van der Waals surface area contributed by atoms with Gasteiger partial charge in [-0.1, -0.05) is 6.07 Å². The molecule has 106 valence electrons. The number of hydrogen-bond donors (Lipinski definition) is 2. The third-order valence-electron chi connectivity index (χ3n) is 2.86. The molecular formula is C14H17N3O2S. The van der Waals surface area contributed by atoms with E-state index in [2.05, 4.69) is 10.6 Å². The predicted molar refractivity (Wildman–Crippen MR) is 83.6 cm³/mol. The van der Waals surface area contributed by atoms with Gasteiger partial charge in [-0.05, 0) is 31.4 Å². The van der Waals surface area contributed by atoms with Gasteiger partial charge in [0, 0.05) is 34.9 Å². The summed E-state index contributed by atoms with van der Waals surface area (Å²) in [5.74, 6) is 0. The predicted octanol–water partition coefficient (Wildman–Crippen LogP) is 4.26. The highest BCUT2D eigenvalue weighted by Crippen LogP contribution is 2.28. The van der Waals surface area contributed by atoms with Crippen molar-refractivity contribution in [2.24, 2.45) is 0 Å². The van der Waals surface area contributed by atoms with Crippen molar-refractivity contribution in [2.45, 2.75) is 19.9 Å². The van der Waals surface area contributed by atoms with Crippen LogP contribution in [0.25, 0.3) is 0 Å². The van der Waals surface area contributed by atoms with Crippen molar-refractivity contribution in [1.29, 1.82) is 0 Å². The maximum atomic E-state index is 11.0. The minimum Gasteiger partial charge on any atom is -0.385 e. The van der Waals surface area contributed by atoms with Gasteiger partial charge in [0.1, 0.15) is 0 Å². The standard InChI is InChI=1S/C14H17N3O2S/c1-3-15-11-7-12(9-13(8-11)17(18)19)16-10(2)14-5-4-6-20-14/h4-10,15-16H,3H2,1-2H3. The van der Waals surface area contributed by atoms with Crippen LogP contribution in [0, 0.1) is 10.1 Å². The second kappa shape index (κ2) is 6.38. The van der Waals surface area contributed by atoms with E-state index in [1.807, 2.05) is 37.4 Å². The normalized spacial score (nSPS) is 11.9. The van der Waals surface area contributed by atoms with Crippen molar-refractivity contribution in [3.8, 4) is 0 Å². The molecule has 1 atom stereocenters. The number of nitrogens with one attached hydrogen (secondary N) is 2. The first-order chi connectivity index (χ1) is 9.60. The molecule has 20 heavy (non-hydrogen) atoms. The number of non-ortho nitro benzene ring substituents is 1. The molecule has 0 aliphatic heterocycles. The summed E-state index contributed by atoms with van der Waals surface area (Å²) in [5.41, 5.74) is 1.59. The van der Waals surface area contributed by atoms with Gasteiger partial charge in [0.2, 0.25) is 0 Å². The number of hydrogen-bond acceptors (Lipinski definition) is 5. The zero-order chi connectivity index (χ0) is 14.5. The molecule has 0 bridgehead atoms. The maximum Gasteiger partial charge on any atom is 0.273 e. The average molecular weight is 291 g/mol. The minimum absolute atomic E-state index is 0.0873. The Morgan fingerprint density at radius 2 is 2.10 bits per heavy atom. The Morgan fingerprint density at radius 3 is 2.70 bits per heavy atom. The fourth-order valence-electron chi connectivity index (χ4n) is 1.96. The Balaban J connectivity index is 2.23. The van der Waals surface area contributed by atoms with E-state index >= 15 is 0 Å². The quantitative estimate of drug-likeness (QED) is 0.616. The molecule has 0 radical (unpaired) electrons. The van der Waals surface area contributed by atoms with Gasteiger partial charge in [0.25, 0.3) is 5.69 Å². The van der Waals surface area contributed by atoms with E-state index < -0.39 is 0 Å². The van der Waals surface area contributed by atoms with Crippen LogP contribution in [0.1, 0.15) is 24.8 Å². The summed E-state index contributed by atoms with van der Waals surface area (Å²) in [6, 6.07) is 9.16. The molecular weight excluding hydrogens is 274 g/mol. The fraction of sp³-hybridized carbons (Fsp3) is 0.286. The van der Waals surface area contributed by atoms with E-state index in [0.717, 1.165) is 17.9 Å². The first kappa shape index (κ1) is 14.3. The molecule has 1 heterocycles. The third kappa shape index (κ3) is 3.48. The van der Waals surface area contributed by atoms with Crippen molar-refractivity contribution in [3.05, 3.63) is 50.7 Å². The van der Waals surface area contributed by atoms with Crippen molar-refractivity contribution >= 4 is 28.4 Å². The molecule has 2 N–H and O–H groups in total. The van der Waals surface area contributed by atoms with E-state index in [9.17, 15) is 10.1 Å². The second-order valence-corrected chi connectivity index (χ2v) is 5.42. The lowest BCUT2D eigenvalue weighted by Crippen LogP contribution is -2.06. The molecule has 6 heteroatoms. The number of rotatable bonds is 6. The van der Waals surface area contributed by atoms with E-state index in [1.54, 1.807) is 23.5 Å². The van der Waals surface area contributed by atoms with Crippen molar-refractivity contribution < 1.29 is 4.92 Å². The van der Waals surface area contributed by atoms with Crippen LogP contribution < -0.4 is 10.6 Å². The molecule has 1 unspecified atom stereocenters. The zero-order valence-corrected chi connectivity index (χ0v) is 12.2. The molecule has 0 amide bonds. The first-order valence-corrected chi connectivity index (χ1v) is 7.31. The molecule has 2 aromatic rings. The molecule has 1 aromatic heterocycles. The Hall–Kier alpha value is -2.08. The Kier molecular flexibility index (Phi) is 4.57. The topological polar surface area (TPSA) is 67.2 Å². The van der Waals surface area contributed by atoms with Crippen LogP contribution >= 0.6 is 11.3 Å². The summed E-state index contributed by atoms with van der Waals surface area (Å²) in [7, 11) is 0. The third-order valence-corrected chi connectivity index (χ3v) is 3.92. The Labute approximate surface area is 121 Å². The van der Waals surface area contributed by atoms with Crippen molar-refractivity contribution in [2.75, 3.05) is 17.2 Å². The van der Waals surface area contributed by atoms with Gasteiger partial charge in [-0.3, -0.25) is 10.1 Å². The minimum atomic E-state index is -0.373. The molecule has 0 saturated heterocycles. The van der Waals surface area contributed by atoms with Crippen LogP contribution in [-0.4, -0.2) is 11.5 Å². The van der Waals surface area contributed by atoms with E-state index in [-0.39, 0.29) is 16.7 Å². The zero-order valence-electron chi connectivity index (χ0n) is 11.4. The largest absolute Gasteiger partial charge is 0.385 e. The summed E-state index contributed by atoms with van der Waals surface area (Å²) >= 11 is 1.66. The molecule has 0 spiro atoms. The number of nitro groups is 1. The fourth-order valence-corrected chi connectivity index (χ4v) is 2.70. The van der Waals surface area contributed by atoms with Crippen molar-refractivity contribution in [3.63, 3.8) is 0 Å². The lowest BCUT2D eigenvalue weighted by atomic mass is 10.2. The summed E-state index contributed by atoms with van der Waals surface area (Å²) in [5, 5.41) is 19.4. The number of anilines is 2. The summed E-state index contributed by atoms with van der Waals surface area (Å²) < 4.78 is 0. The summed E-state index contributed by atoms with van der Waals surface area (Å²) in [4.78, 5) is 11.8. The molecule has 0 fully saturated rings. The van der Waals surface area contributed by atoms with Gasteiger partial charge in [-0.25, -0.2) is 0 Å². The second-order valence-electron chi connectivity index (χ2n) is 4.44. The first-order valence-electron chi connectivity index (χ1n) is 6.43. The highest BCUT2D eigenvalue weighted by Gasteiger charge is 2.12. The molecule has 0 aliphatic rings. The monoisotopic (exact) mass is 291 g/mol. The molecule has 0 saturated carbocycles. The lowest BCUT2D eigenvalue weighted by Gasteiger charge is -2.15. The van der Waals surface area contributed by atoms with Gasteiger partial charge in [0.05, 0.1) is 11.0 Å². The van der Waals surface area contributed by atoms with Gasteiger partial charge in [-0.15, -0.1) is 11.3 Å². The highest BCUT2D eigenvalue weighted by atomic mass is 32.1. The Bertz CT molecular complexity index is 584. The van der Waals surface area contributed by atoms with Crippen LogP contribution in [0.4, 0.5) is 17.1 Å². The number of nitrogens with zero attached hydrogens (tertiary/aromatic N) is 1. The summed E-state index contributed by atoms with van der Waals surface area (Å²) in [6.45, 7) is 4.72. The van der Waals surface area contributed by atoms with E-state index in [4.69, 9.17) is 0 Å². The molecule has 5 nitrogen and oxygen atoms in total. The molecule has 0 aliphatic carbocycles. The Morgan fingerprint density at radius 1 is 1.35 bits per heavy atom. The maximum absolute atomic E-state index is 11.0. The van der Waals surface area contributed by atoms with Crippen LogP contribution in [0.2, 0.25) is 0 Å². The molecule has 2 rings (SSSR count). The SMILES string of the molecule is CCNc1cc(NC(C)c2cccs2)cc([N+](=O)[O-])c1. The highest BCUT2D eigenvalue weighted by molar-refractivity contribution is 7.10.